The molecule has 118 valence electrons. The summed E-state index contributed by atoms with van der Waals surface area (Å²) in [5.41, 5.74) is 0.904. The highest BCUT2D eigenvalue weighted by Crippen LogP contribution is 2.36. The number of nitro benzene ring substituents is 1. The molecule has 0 bridgehead atoms. The first-order valence-corrected chi connectivity index (χ1v) is 8.34. The highest BCUT2D eigenvalue weighted by Gasteiger charge is 2.31. The van der Waals surface area contributed by atoms with Crippen molar-refractivity contribution in [2.24, 2.45) is 11.8 Å². The normalized spacial score (nSPS) is 24.5. The lowest BCUT2D eigenvalue weighted by molar-refractivity contribution is -0.384. The molecule has 0 amide bonds. The standard InChI is InChI=1S/C16H21N3O2S/c20-19(21)15-7-5-14(6-8-15)17-16(22)18-10-9-12-3-1-2-4-13(12)11-18/h5-8,12-13H,1-4,9-11H2,(H,17,22)/t12-,13+/m1/s1. The van der Waals surface area contributed by atoms with Gasteiger partial charge in [0.25, 0.3) is 5.69 Å². The molecule has 0 unspecified atom stereocenters. The maximum atomic E-state index is 10.7. The van der Waals surface area contributed by atoms with E-state index in [0.29, 0.717) is 0 Å². The Morgan fingerprint density at radius 2 is 1.86 bits per heavy atom. The van der Waals surface area contributed by atoms with Crippen LogP contribution in [0.1, 0.15) is 32.1 Å². The van der Waals surface area contributed by atoms with Gasteiger partial charge in [0.2, 0.25) is 0 Å². The minimum atomic E-state index is -0.393. The van der Waals surface area contributed by atoms with Crippen molar-refractivity contribution >= 4 is 28.7 Å². The molecule has 1 saturated carbocycles. The number of hydrogen-bond acceptors (Lipinski definition) is 3. The maximum Gasteiger partial charge on any atom is 0.269 e. The van der Waals surface area contributed by atoms with E-state index in [9.17, 15) is 10.1 Å². The van der Waals surface area contributed by atoms with E-state index < -0.39 is 4.92 Å². The lowest BCUT2D eigenvalue weighted by Crippen LogP contribution is -2.46. The van der Waals surface area contributed by atoms with Crippen LogP contribution in [0.3, 0.4) is 0 Å². The van der Waals surface area contributed by atoms with E-state index in [4.69, 9.17) is 12.2 Å². The van der Waals surface area contributed by atoms with Gasteiger partial charge in [-0.25, -0.2) is 0 Å². The van der Waals surface area contributed by atoms with Crippen LogP contribution < -0.4 is 5.32 Å². The van der Waals surface area contributed by atoms with E-state index in [0.717, 1.165) is 35.7 Å². The lowest BCUT2D eigenvalue weighted by Gasteiger charge is -2.42. The smallest absolute Gasteiger partial charge is 0.269 e. The molecule has 2 atom stereocenters. The fraction of sp³-hybridized carbons (Fsp3) is 0.562. The summed E-state index contributed by atoms with van der Waals surface area (Å²) < 4.78 is 0. The molecule has 2 fully saturated rings. The number of non-ortho nitro benzene ring substituents is 1. The molecule has 1 heterocycles. The number of thiocarbonyl (C=S) groups is 1. The first-order valence-electron chi connectivity index (χ1n) is 7.94. The summed E-state index contributed by atoms with van der Waals surface area (Å²) in [6, 6.07) is 6.41. The second-order valence-corrected chi connectivity index (χ2v) is 6.66. The van der Waals surface area contributed by atoms with Crippen LogP contribution >= 0.6 is 12.2 Å². The van der Waals surface area contributed by atoms with E-state index in [1.54, 1.807) is 12.1 Å². The van der Waals surface area contributed by atoms with E-state index in [-0.39, 0.29) is 5.69 Å². The van der Waals surface area contributed by atoms with Crippen LogP contribution in [0.4, 0.5) is 11.4 Å². The predicted octanol–water partition coefficient (Wildman–Crippen LogP) is 3.80. The Balaban J connectivity index is 1.58. The zero-order valence-electron chi connectivity index (χ0n) is 12.5. The van der Waals surface area contributed by atoms with Crippen molar-refractivity contribution in [2.45, 2.75) is 32.1 Å². The van der Waals surface area contributed by atoms with Crippen molar-refractivity contribution in [1.82, 2.24) is 4.90 Å². The molecule has 1 aromatic rings. The predicted molar refractivity (Wildman–Crippen MR) is 91.0 cm³/mol. The summed E-state index contributed by atoms with van der Waals surface area (Å²) >= 11 is 5.52. The van der Waals surface area contributed by atoms with Gasteiger partial charge in [-0.1, -0.05) is 19.3 Å². The summed E-state index contributed by atoms with van der Waals surface area (Å²) in [7, 11) is 0. The summed E-state index contributed by atoms with van der Waals surface area (Å²) in [6.45, 7) is 2.06. The van der Waals surface area contributed by atoms with Gasteiger partial charge in [-0.15, -0.1) is 0 Å². The van der Waals surface area contributed by atoms with E-state index in [2.05, 4.69) is 10.2 Å². The van der Waals surface area contributed by atoms with Crippen molar-refractivity contribution in [2.75, 3.05) is 18.4 Å². The van der Waals surface area contributed by atoms with E-state index in [1.165, 1.54) is 44.2 Å². The molecular weight excluding hydrogens is 298 g/mol. The van der Waals surface area contributed by atoms with E-state index >= 15 is 0 Å². The first kappa shape index (κ1) is 15.2. The number of likely N-dealkylation sites (tertiary alicyclic amines) is 1. The molecular formula is C16H21N3O2S. The Bertz CT molecular complexity index is 561. The highest BCUT2D eigenvalue weighted by atomic mass is 32.1. The number of nitro groups is 1. The van der Waals surface area contributed by atoms with Crippen molar-refractivity contribution in [3.63, 3.8) is 0 Å². The monoisotopic (exact) mass is 319 g/mol. The minimum absolute atomic E-state index is 0.0967. The van der Waals surface area contributed by atoms with Crippen molar-refractivity contribution < 1.29 is 4.92 Å². The molecule has 1 N–H and O–H groups in total. The number of rotatable bonds is 2. The number of nitrogens with zero attached hydrogens (tertiary/aromatic N) is 2. The Labute approximate surface area is 135 Å². The van der Waals surface area contributed by atoms with Crippen LogP contribution in [0.25, 0.3) is 0 Å². The molecule has 3 rings (SSSR count). The molecule has 1 aliphatic heterocycles. The van der Waals surface area contributed by atoms with Crippen molar-refractivity contribution in [3.8, 4) is 0 Å². The van der Waals surface area contributed by atoms with Crippen LogP contribution in [0.15, 0.2) is 24.3 Å². The summed E-state index contributed by atoms with van der Waals surface area (Å²) in [5, 5.41) is 14.6. The van der Waals surface area contributed by atoms with Gasteiger partial charge in [0.15, 0.2) is 5.11 Å². The van der Waals surface area contributed by atoms with Crippen LogP contribution in [0.5, 0.6) is 0 Å². The van der Waals surface area contributed by atoms with Gasteiger partial charge in [-0.2, -0.15) is 0 Å². The topological polar surface area (TPSA) is 58.4 Å². The number of fused-ring (bicyclic) bond motifs is 1. The molecule has 1 aromatic carbocycles. The highest BCUT2D eigenvalue weighted by molar-refractivity contribution is 7.80. The second kappa shape index (κ2) is 6.60. The molecule has 22 heavy (non-hydrogen) atoms. The van der Waals surface area contributed by atoms with Gasteiger partial charge in [-0.05, 0) is 49.0 Å². The number of piperidine rings is 1. The Morgan fingerprint density at radius 1 is 1.18 bits per heavy atom. The molecule has 0 spiro atoms. The van der Waals surface area contributed by atoms with Crippen LogP contribution in [0.2, 0.25) is 0 Å². The van der Waals surface area contributed by atoms with Gasteiger partial charge in [0.05, 0.1) is 4.92 Å². The third-order valence-corrected chi connectivity index (χ3v) is 5.27. The number of nitrogens with one attached hydrogen (secondary N) is 1. The van der Waals surface area contributed by atoms with Crippen molar-refractivity contribution in [1.29, 1.82) is 0 Å². The van der Waals surface area contributed by atoms with Gasteiger partial charge in [-0.3, -0.25) is 10.1 Å². The third kappa shape index (κ3) is 3.38. The van der Waals surface area contributed by atoms with Gasteiger partial charge >= 0.3 is 0 Å². The van der Waals surface area contributed by atoms with Gasteiger partial charge in [0.1, 0.15) is 0 Å². The molecule has 0 aromatic heterocycles. The molecule has 5 nitrogen and oxygen atoms in total. The fourth-order valence-electron chi connectivity index (χ4n) is 3.65. The lowest BCUT2D eigenvalue weighted by atomic mass is 9.75. The SMILES string of the molecule is O=[N+]([O-])c1ccc(NC(=S)N2CC[C@H]3CCCC[C@H]3C2)cc1. The average Bonchev–Trinajstić information content (AvgIpc) is 2.55. The van der Waals surface area contributed by atoms with Crippen LogP contribution in [-0.4, -0.2) is 28.0 Å². The molecule has 1 aliphatic carbocycles. The number of anilines is 1. The third-order valence-electron chi connectivity index (χ3n) is 4.91. The number of hydrogen-bond donors (Lipinski definition) is 1. The van der Waals surface area contributed by atoms with E-state index in [1.807, 2.05) is 0 Å². The van der Waals surface area contributed by atoms with Gasteiger partial charge < -0.3 is 10.2 Å². The zero-order valence-corrected chi connectivity index (χ0v) is 13.3. The number of benzene rings is 1. The second-order valence-electron chi connectivity index (χ2n) is 6.27. The fourth-order valence-corrected chi connectivity index (χ4v) is 3.94. The minimum Gasteiger partial charge on any atom is -0.349 e. The summed E-state index contributed by atoms with van der Waals surface area (Å²) in [5.74, 6) is 1.66. The summed E-state index contributed by atoms with van der Waals surface area (Å²) in [4.78, 5) is 12.5. The largest absolute Gasteiger partial charge is 0.349 e. The maximum absolute atomic E-state index is 10.7. The zero-order chi connectivity index (χ0) is 15.5. The molecule has 6 heteroatoms. The first-order chi connectivity index (χ1) is 10.6. The van der Waals surface area contributed by atoms with Crippen LogP contribution in [0, 0.1) is 22.0 Å². The molecule has 1 saturated heterocycles. The van der Waals surface area contributed by atoms with Gasteiger partial charge in [0, 0.05) is 30.9 Å². The Kier molecular flexibility index (Phi) is 4.57. The summed E-state index contributed by atoms with van der Waals surface area (Å²) in [6.07, 6.45) is 6.65. The Hall–Kier alpha value is -1.69. The molecule has 0 radical (unpaired) electrons. The quantitative estimate of drug-likeness (QED) is 0.510. The molecule has 2 aliphatic rings. The van der Waals surface area contributed by atoms with Crippen LogP contribution in [-0.2, 0) is 0 Å². The van der Waals surface area contributed by atoms with Crippen molar-refractivity contribution in [3.05, 3.63) is 34.4 Å². The average molecular weight is 319 g/mol. The Morgan fingerprint density at radius 3 is 2.55 bits per heavy atom.